The molecule has 3 N–H and O–H groups in total. The quantitative estimate of drug-likeness (QED) is 0.330. The van der Waals surface area contributed by atoms with Crippen LogP contribution in [0.1, 0.15) is 43.9 Å². The van der Waals surface area contributed by atoms with Gasteiger partial charge in [-0.05, 0) is 63.6 Å². The van der Waals surface area contributed by atoms with Crippen LogP contribution in [0, 0.1) is 5.82 Å². The van der Waals surface area contributed by atoms with E-state index in [1.165, 1.54) is 12.1 Å². The summed E-state index contributed by atoms with van der Waals surface area (Å²) in [5.41, 5.74) is 8.12. The van der Waals surface area contributed by atoms with Gasteiger partial charge in [0.05, 0.1) is 11.1 Å². The zero-order valence-electron chi connectivity index (χ0n) is 17.5. The Kier molecular flexibility index (Phi) is 7.75. The maximum Gasteiger partial charge on any atom is 0.166 e. The normalized spacial score (nSPS) is 16.1. The van der Waals surface area contributed by atoms with Gasteiger partial charge in [0.1, 0.15) is 11.9 Å². The van der Waals surface area contributed by atoms with Gasteiger partial charge in [-0.25, -0.2) is 9.37 Å². The van der Waals surface area contributed by atoms with E-state index in [0.29, 0.717) is 22.4 Å². The van der Waals surface area contributed by atoms with Crippen LogP contribution in [0.15, 0.2) is 35.7 Å². The number of nitrogens with one attached hydrogen (secondary N) is 1. The highest BCUT2D eigenvalue weighted by Gasteiger charge is 2.21. The average Bonchev–Trinajstić information content (AvgIpc) is 2.76. The van der Waals surface area contributed by atoms with E-state index in [1.54, 1.807) is 19.2 Å². The summed E-state index contributed by atoms with van der Waals surface area (Å²) in [5, 5.41) is 9.64. The van der Waals surface area contributed by atoms with E-state index in [0.717, 1.165) is 37.1 Å². The standard InChI is InChI=1S/C22H26Cl2FN5O/c1-13(12-30(27-3)16-6-8-28-9-7-16)15-10-19(22(26)29-11-15)31-14(2)20-17(23)4-5-18(25)21(20)24/h4-5,10-12,14,16,28H,3,6-9H2,1-2H3,(H2,26,29)/b13-12+/t14-/m1/s1. The van der Waals surface area contributed by atoms with E-state index < -0.39 is 11.9 Å². The third kappa shape index (κ3) is 5.47. The van der Waals surface area contributed by atoms with Crippen molar-refractivity contribution in [3.63, 3.8) is 0 Å². The molecule has 0 spiro atoms. The molecule has 0 radical (unpaired) electrons. The maximum atomic E-state index is 13.9. The topological polar surface area (TPSA) is 75.8 Å². The number of rotatable bonds is 7. The van der Waals surface area contributed by atoms with Gasteiger partial charge < -0.3 is 15.8 Å². The fourth-order valence-corrected chi connectivity index (χ4v) is 4.21. The number of hydrogen-bond donors (Lipinski definition) is 2. The Hall–Kier alpha value is -2.35. The summed E-state index contributed by atoms with van der Waals surface area (Å²) in [6, 6.07) is 4.74. The Labute approximate surface area is 191 Å². The number of nitrogens with zero attached hydrogens (tertiary/aromatic N) is 3. The highest BCUT2D eigenvalue weighted by atomic mass is 35.5. The molecule has 0 unspecified atom stereocenters. The number of nitrogens with two attached hydrogens (primary N) is 1. The molecular weight excluding hydrogens is 440 g/mol. The number of nitrogen functional groups attached to an aromatic ring is 1. The molecule has 0 aliphatic carbocycles. The van der Waals surface area contributed by atoms with Gasteiger partial charge >= 0.3 is 0 Å². The summed E-state index contributed by atoms with van der Waals surface area (Å²) in [6.45, 7) is 9.29. The van der Waals surface area contributed by atoms with Crippen LogP contribution in [0.3, 0.4) is 0 Å². The summed E-state index contributed by atoms with van der Waals surface area (Å²) in [5.74, 6) is 0.00305. The Morgan fingerprint density at radius 2 is 2.13 bits per heavy atom. The van der Waals surface area contributed by atoms with E-state index in [9.17, 15) is 4.39 Å². The van der Waals surface area contributed by atoms with Crippen molar-refractivity contribution in [2.75, 3.05) is 18.8 Å². The minimum Gasteiger partial charge on any atom is -0.482 e. The average molecular weight is 466 g/mol. The lowest BCUT2D eigenvalue weighted by atomic mass is 10.1. The number of ether oxygens (including phenoxy) is 1. The van der Waals surface area contributed by atoms with E-state index in [4.69, 9.17) is 33.7 Å². The molecule has 2 aromatic rings. The third-order valence-electron chi connectivity index (χ3n) is 5.30. The first-order chi connectivity index (χ1) is 14.8. The summed E-state index contributed by atoms with van der Waals surface area (Å²) >= 11 is 12.3. The molecule has 1 saturated heterocycles. The van der Waals surface area contributed by atoms with Gasteiger partial charge in [0.2, 0.25) is 0 Å². The van der Waals surface area contributed by atoms with Crippen molar-refractivity contribution in [1.82, 2.24) is 15.3 Å². The van der Waals surface area contributed by atoms with Crippen molar-refractivity contribution in [3.8, 4) is 5.75 Å². The SMILES string of the molecule is C=NN(/C=C(\C)c1cnc(N)c(O[C@H](C)c2c(Cl)ccc(F)c2Cl)c1)C1CCNCC1. The third-order valence-corrected chi connectivity index (χ3v) is 6.01. The zero-order valence-corrected chi connectivity index (χ0v) is 19.0. The van der Waals surface area contributed by atoms with Gasteiger partial charge in [0.25, 0.3) is 0 Å². The summed E-state index contributed by atoms with van der Waals surface area (Å²) < 4.78 is 19.9. The Bertz CT molecular complexity index is 979. The Balaban J connectivity index is 1.84. The van der Waals surface area contributed by atoms with Gasteiger partial charge in [-0.15, -0.1) is 0 Å². The molecule has 1 aliphatic rings. The second kappa shape index (κ2) is 10.3. The highest BCUT2D eigenvalue weighted by molar-refractivity contribution is 6.36. The maximum absolute atomic E-state index is 13.9. The van der Waals surface area contributed by atoms with Gasteiger partial charge in [-0.3, -0.25) is 5.01 Å². The predicted octanol–water partition coefficient (Wildman–Crippen LogP) is 5.28. The summed E-state index contributed by atoms with van der Waals surface area (Å²) in [4.78, 5) is 4.25. The molecule has 1 aromatic carbocycles. The fraction of sp³-hybridized carbons (Fsp3) is 0.364. The van der Waals surface area contributed by atoms with Crippen molar-refractivity contribution in [2.24, 2.45) is 5.10 Å². The number of allylic oxidation sites excluding steroid dienone is 1. The zero-order chi connectivity index (χ0) is 22.5. The molecule has 1 atom stereocenters. The van der Waals surface area contributed by atoms with E-state index in [1.807, 2.05) is 18.1 Å². The smallest absolute Gasteiger partial charge is 0.166 e. The minimum absolute atomic E-state index is 0.0755. The van der Waals surface area contributed by atoms with Crippen LogP contribution in [-0.4, -0.2) is 35.8 Å². The molecule has 2 heterocycles. The Morgan fingerprint density at radius 1 is 1.42 bits per heavy atom. The molecule has 0 saturated carbocycles. The first-order valence-electron chi connectivity index (χ1n) is 10.0. The summed E-state index contributed by atoms with van der Waals surface area (Å²) in [6.07, 6.45) is 4.96. The van der Waals surface area contributed by atoms with Crippen LogP contribution in [-0.2, 0) is 0 Å². The van der Waals surface area contributed by atoms with E-state index >= 15 is 0 Å². The van der Waals surface area contributed by atoms with Crippen LogP contribution in [0.2, 0.25) is 10.0 Å². The molecule has 1 aliphatic heterocycles. The number of benzene rings is 1. The van der Waals surface area contributed by atoms with Crippen LogP contribution in [0.4, 0.5) is 10.2 Å². The fourth-order valence-electron chi connectivity index (χ4n) is 3.54. The van der Waals surface area contributed by atoms with E-state index in [2.05, 4.69) is 22.1 Å². The molecule has 0 amide bonds. The predicted molar refractivity (Wildman–Crippen MR) is 125 cm³/mol. The van der Waals surface area contributed by atoms with Gasteiger partial charge in [0.15, 0.2) is 11.6 Å². The highest BCUT2D eigenvalue weighted by Crippen LogP contribution is 2.36. The number of pyridine rings is 1. The van der Waals surface area contributed by atoms with Crippen molar-refractivity contribution in [1.29, 1.82) is 0 Å². The number of anilines is 1. The van der Waals surface area contributed by atoms with Crippen LogP contribution in [0.25, 0.3) is 5.57 Å². The number of aromatic nitrogens is 1. The van der Waals surface area contributed by atoms with Crippen LogP contribution < -0.4 is 15.8 Å². The van der Waals surface area contributed by atoms with Crippen molar-refractivity contribution < 1.29 is 9.13 Å². The molecule has 6 nitrogen and oxygen atoms in total. The first kappa shape index (κ1) is 23.3. The lowest BCUT2D eigenvalue weighted by Crippen LogP contribution is -2.38. The van der Waals surface area contributed by atoms with Gasteiger partial charge in [-0.1, -0.05) is 23.2 Å². The van der Waals surface area contributed by atoms with Gasteiger partial charge in [-0.2, -0.15) is 5.10 Å². The lowest BCUT2D eigenvalue weighted by molar-refractivity contribution is 0.227. The Morgan fingerprint density at radius 3 is 2.81 bits per heavy atom. The second-order valence-corrected chi connectivity index (χ2v) is 8.22. The molecule has 166 valence electrons. The molecule has 3 rings (SSSR count). The molecule has 9 heteroatoms. The molecule has 1 fully saturated rings. The number of halogens is 3. The molecule has 1 aromatic heterocycles. The lowest BCUT2D eigenvalue weighted by Gasteiger charge is -2.30. The number of hydrazone groups is 1. The molecule has 0 bridgehead atoms. The largest absolute Gasteiger partial charge is 0.482 e. The number of hydrogen-bond acceptors (Lipinski definition) is 6. The van der Waals surface area contributed by atoms with Crippen molar-refractivity contribution >= 4 is 41.3 Å². The van der Waals surface area contributed by atoms with Crippen LogP contribution in [0.5, 0.6) is 5.75 Å². The minimum atomic E-state index is -0.639. The van der Waals surface area contributed by atoms with Gasteiger partial charge in [0, 0.05) is 35.3 Å². The van der Waals surface area contributed by atoms with E-state index in [-0.39, 0.29) is 10.8 Å². The summed E-state index contributed by atoms with van der Waals surface area (Å²) in [7, 11) is 0. The second-order valence-electron chi connectivity index (χ2n) is 7.44. The van der Waals surface area contributed by atoms with Crippen molar-refractivity contribution in [2.45, 2.75) is 38.8 Å². The van der Waals surface area contributed by atoms with Crippen LogP contribution >= 0.6 is 23.2 Å². The number of piperidine rings is 1. The molecular formula is C22H26Cl2FN5O. The first-order valence-corrected chi connectivity index (χ1v) is 10.8. The molecule has 31 heavy (non-hydrogen) atoms. The monoisotopic (exact) mass is 465 g/mol. The van der Waals surface area contributed by atoms with Crippen molar-refractivity contribution in [3.05, 3.63) is 57.6 Å².